The molecule has 0 heterocycles. The molecule has 1 saturated carbocycles. The Bertz CT molecular complexity index is 536. The van der Waals surface area contributed by atoms with Gasteiger partial charge in [-0.2, -0.15) is 0 Å². The zero-order valence-corrected chi connectivity index (χ0v) is 19.5. The SMILES string of the molecule is CC(C)(C)C(N(C(=O)C1(C(N)=O)CCC1)C(C(C)(C)C)C(C)(C)O)C(C)(C)O. The number of aliphatic hydroxyl groups is 2. The molecule has 1 aliphatic rings. The first-order valence-corrected chi connectivity index (χ1v) is 10.2. The number of rotatable bonds is 6. The highest BCUT2D eigenvalue weighted by Gasteiger charge is 2.59. The minimum atomic E-state index is -1.26. The van der Waals surface area contributed by atoms with E-state index in [1.165, 1.54) is 0 Å². The van der Waals surface area contributed by atoms with Crippen molar-refractivity contribution in [1.82, 2.24) is 4.90 Å². The van der Waals surface area contributed by atoms with Crippen molar-refractivity contribution in [3.05, 3.63) is 0 Å². The lowest BCUT2D eigenvalue weighted by atomic mass is 9.64. The van der Waals surface area contributed by atoms with Crippen molar-refractivity contribution < 1.29 is 19.8 Å². The van der Waals surface area contributed by atoms with Gasteiger partial charge in [0.15, 0.2) is 0 Å². The van der Waals surface area contributed by atoms with Crippen LogP contribution in [-0.4, -0.2) is 50.2 Å². The van der Waals surface area contributed by atoms with Gasteiger partial charge >= 0.3 is 0 Å². The predicted molar refractivity (Wildman–Crippen MR) is 111 cm³/mol. The Morgan fingerprint density at radius 1 is 0.821 bits per heavy atom. The molecular formula is C22H42N2O4. The van der Waals surface area contributed by atoms with Gasteiger partial charge in [-0.1, -0.05) is 48.0 Å². The standard InChI is InChI=1S/C22H42N2O4/c1-18(2,3)14(20(7,8)27)24(15(19(4,5)6)21(9,10)28)17(26)22(16(23)25)12-11-13-22/h14-15,27-28H,11-13H2,1-10H3,(H2,23,25). The molecule has 28 heavy (non-hydrogen) atoms. The topological polar surface area (TPSA) is 104 Å². The number of carbonyl (C=O) groups is 2. The van der Waals surface area contributed by atoms with Crippen molar-refractivity contribution in [2.45, 2.75) is 112 Å². The maximum absolute atomic E-state index is 14.0. The molecule has 4 N–H and O–H groups in total. The Labute approximate surface area is 170 Å². The fourth-order valence-corrected chi connectivity index (χ4v) is 5.36. The summed E-state index contributed by atoms with van der Waals surface area (Å²) in [4.78, 5) is 27.9. The number of amides is 2. The minimum absolute atomic E-state index is 0.379. The van der Waals surface area contributed by atoms with Crippen LogP contribution >= 0.6 is 0 Å². The van der Waals surface area contributed by atoms with Crippen LogP contribution in [0.3, 0.4) is 0 Å². The van der Waals surface area contributed by atoms with Crippen molar-refractivity contribution >= 4 is 11.8 Å². The Morgan fingerprint density at radius 2 is 1.14 bits per heavy atom. The molecule has 0 radical (unpaired) electrons. The molecule has 0 saturated heterocycles. The number of hydrogen-bond acceptors (Lipinski definition) is 4. The maximum Gasteiger partial charge on any atom is 0.238 e. The molecular weight excluding hydrogens is 356 g/mol. The quantitative estimate of drug-likeness (QED) is 0.598. The lowest BCUT2D eigenvalue weighted by molar-refractivity contribution is -0.187. The van der Waals surface area contributed by atoms with E-state index in [1.807, 2.05) is 41.5 Å². The number of hydrogen-bond donors (Lipinski definition) is 3. The summed E-state index contributed by atoms with van der Waals surface area (Å²) in [6, 6.07) is -1.28. The van der Waals surface area contributed by atoms with Gasteiger partial charge in [0.05, 0.1) is 23.3 Å². The monoisotopic (exact) mass is 398 g/mol. The Balaban J connectivity index is 3.81. The Kier molecular flexibility index (Phi) is 6.47. The van der Waals surface area contributed by atoms with Gasteiger partial charge in [-0.05, 0) is 51.4 Å². The average Bonchev–Trinajstić information content (AvgIpc) is 2.28. The van der Waals surface area contributed by atoms with Crippen molar-refractivity contribution in [3.63, 3.8) is 0 Å². The fourth-order valence-electron chi connectivity index (χ4n) is 5.36. The van der Waals surface area contributed by atoms with E-state index in [-0.39, 0.29) is 5.91 Å². The van der Waals surface area contributed by atoms with Gasteiger partial charge in [0.25, 0.3) is 0 Å². The van der Waals surface area contributed by atoms with Crippen LogP contribution in [0.1, 0.15) is 88.5 Å². The molecule has 1 aliphatic carbocycles. The first-order valence-electron chi connectivity index (χ1n) is 10.2. The van der Waals surface area contributed by atoms with E-state index in [0.29, 0.717) is 12.8 Å². The van der Waals surface area contributed by atoms with E-state index in [4.69, 9.17) is 5.73 Å². The van der Waals surface area contributed by atoms with Gasteiger partial charge < -0.3 is 20.8 Å². The predicted octanol–water partition coefficient (Wildman–Crippen LogP) is 2.84. The normalized spacial score (nSPS) is 20.1. The summed E-state index contributed by atoms with van der Waals surface area (Å²) in [5.74, 6) is -1.00. The van der Waals surface area contributed by atoms with Crippen molar-refractivity contribution in [2.24, 2.45) is 22.0 Å². The second-order valence-electron chi connectivity index (χ2n) is 11.9. The summed E-state index contributed by atoms with van der Waals surface area (Å²) in [6.45, 7) is 18.4. The van der Waals surface area contributed by atoms with E-state index in [0.717, 1.165) is 6.42 Å². The second-order valence-corrected chi connectivity index (χ2v) is 11.9. The summed E-state index contributed by atoms with van der Waals surface area (Å²) >= 11 is 0. The molecule has 164 valence electrons. The zero-order chi connectivity index (χ0) is 22.5. The molecule has 0 bridgehead atoms. The molecule has 0 aromatic carbocycles. The van der Waals surface area contributed by atoms with E-state index in [2.05, 4.69) is 0 Å². The smallest absolute Gasteiger partial charge is 0.238 e. The van der Waals surface area contributed by atoms with E-state index in [9.17, 15) is 19.8 Å². The second kappa shape index (κ2) is 7.28. The Hall–Kier alpha value is -1.14. The van der Waals surface area contributed by atoms with Crippen LogP contribution in [0.5, 0.6) is 0 Å². The molecule has 1 rings (SSSR count). The van der Waals surface area contributed by atoms with Gasteiger partial charge in [0.2, 0.25) is 11.8 Å². The maximum atomic E-state index is 14.0. The molecule has 6 heteroatoms. The first-order chi connectivity index (χ1) is 12.2. The fraction of sp³-hybridized carbons (Fsp3) is 0.909. The molecule has 2 atom stereocenters. The number of carbonyl (C=O) groups excluding carboxylic acids is 2. The van der Waals surface area contributed by atoms with Crippen molar-refractivity contribution in [2.75, 3.05) is 0 Å². The molecule has 0 aliphatic heterocycles. The molecule has 6 nitrogen and oxygen atoms in total. The number of primary amides is 1. The number of nitrogens with zero attached hydrogens (tertiary/aromatic N) is 1. The Morgan fingerprint density at radius 3 is 1.29 bits per heavy atom. The van der Waals surface area contributed by atoms with Gasteiger partial charge in [-0.3, -0.25) is 9.59 Å². The third-order valence-electron chi connectivity index (χ3n) is 5.86. The molecule has 2 amide bonds. The lowest BCUT2D eigenvalue weighted by Gasteiger charge is -2.58. The van der Waals surface area contributed by atoms with Gasteiger partial charge in [-0.15, -0.1) is 0 Å². The largest absolute Gasteiger partial charge is 0.388 e. The first kappa shape index (κ1) is 24.9. The van der Waals surface area contributed by atoms with Crippen LogP contribution < -0.4 is 5.73 Å². The summed E-state index contributed by atoms with van der Waals surface area (Å²) in [7, 11) is 0. The van der Waals surface area contributed by atoms with Crippen LogP contribution in [0.25, 0.3) is 0 Å². The highest BCUT2D eigenvalue weighted by Crippen LogP contribution is 2.48. The lowest BCUT2D eigenvalue weighted by Crippen LogP contribution is -2.71. The van der Waals surface area contributed by atoms with Crippen LogP contribution in [0.4, 0.5) is 0 Å². The van der Waals surface area contributed by atoms with E-state index >= 15 is 0 Å². The zero-order valence-electron chi connectivity index (χ0n) is 19.5. The van der Waals surface area contributed by atoms with Crippen LogP contribution in [-0.2, 0) is 9.59 Å². The molecule has 0 aromatic heterocycles. The summed E-state index contributed by atoms with van der Waals surface area (Å²) in [6.07, 6.45) is 1.57. The third kappa shape index (κ3) is 4.70. The van der Waals surface area contributed by atoms with Crippen LogP contribution in [0.2, 0.25) is 0 Å². The van der Waals surface area contributed by atoms with Crippen LogP contribution in [0.15, 0.2) is 0 Å². The highest BCUT2D eigenvalue weighted by molar-refractivity contribution is 6.05. The molecule has 0 spiro atoms. The molecule has 2 unspecified atom stereocenters. The number of nitrogens with two attached hydrogens (primary N) is 1. The summed E-state index contributed by atoms with van der Waals surface area (Å²) < 4.78 is 0. The van der Waals surface area contributed by atoms with Crippen molar-refractivity contribution in [3.8, 4) is 0 Å². The van der Waals surface area contributed by atoms with Gasteiger partial charge in [-0.25, -0.2) is 0 Å². The molecule has 0 aromatic rings. The average molecular weight is 399 g/mol. The summed E-state index contributed by atoms with van der Waals surface area (Å²) in [5, 5.41) is 22.2. The third-order valence-corrected chi connectivity index (χ3v) is 5.86. The van der Waals surface area contributed by atoms with Crippen LogP contribution in [0, 0.1) is 16.2 Å². The highest BCUT2D eigenvalue weighted by atomic mass is 16.3. The van der Waals surface area contributed by atoms with Gasteiger partial charge in [0.1, 0.15) is 5.41 Å². The van der Waals surface area contributed by atoms with E-state index < -0.39 is 45.4 Å². The van der Waals surface area contributed by atoms with Crippen molar-refractivity contribution in [1.29, 1.82) is 0 Å². The van der Waals surface area contributed by atoms with E-state index in [1.54, 1.807) is 32.6 Å². The molecule has 1 fully saturated rings. The van der Waals surface area contributed by atoms with Gasteiger partial charge in [0, 0.05) is 0 Å². The minimum Gasteiger partial charge on any atom is -0.388 e. The summed E-state index contributed by atoms with van der Waals surface area (Å²) in [5.41, 5.74) is 0.901.